The minimum absolute atomic E-state index is 0.0770. The highest BCUT2D eigenvalue weighted by atomic mass is 35.5. The fourth-order valence-electron chi connectivity index (χ4n) is 2.16. The lowest BCUT2D eigenvalue weighted by Crippen LogP contribution is -2.54. The van der Waals surface area contributed by atoms with E-state index in [0.29, 0.717) is 5.56 Å². The molecule has 0 spiro atoms. The SMILES string of the molecule is O=C1NC(=O)N(c2cccnc2)C(=O)/C1=C/c1ccc(O)c(Cl)c1. The lowest BCUT2D eigenvalue weighted by Gasteiger charge is -2.26. The molecule has 0 unspecified atom stereocenters. The third-order valence-electron chi connectivity index (χ3n) is 3.29. The number of aromatic nitrogens is 1. The number of urea groups is 1. The van der Waals surface area contributed by atoms with Crippen LogP contribution < -0.4 is 10.2 Å². The first-order valence-electron chi connectivity index (χ1n) is 6.77. The van der Waals surface area contributed by atoms with Crippen molar-refractivity contribution in [3.63, 3.8) is 0 Å². The maximum Gasteiger partial charge on any atom is 0.336 e. The van der Waals surface area contributed by atoms with E-state index in [4.69, 9.17) is 11.6 Å². The number of benzene rings is 1. The quantitative estimate of drug-likeness (QED) is 0.642. The fourth-order valence-corrected chi connectivity index (χ4v) is 2.35. The molecule has 1 saturated heterocycles. The molecule has 4 amide bonds. The van der Waals surface area contributed by atoms with Gasteiger partial charge in [0, 0.05) is 6.20 Å². The fraction of sp³-hybridized carbons (Fsp3) is 0. The highest BCUT2D eigenvalue weighted by Crippen LogP contribution is 2.26. The van der Waals surface area contributed by atoms with Crippen molar-refractivity contribution >= 4 is 41.2 Å². The minimum atomic E-state index is -0.848. The third kappa shape index (κ3) is 2.84. The van der Waals surface area contributed by atoms with Crippen LogP contribution >= 0.6 is 11.6 Å². The van der Waals surface area contributed by atoms with Gasteiger partial charge in [0.15, 0.2) is 0 Å². The van der Waals surface area contributed by atoms with Crippen LogP contribution in [0.1, 0.15) is 5.56 Å². The van der Waals surface area contributed by atoms with Crippen molar-refractivity contribution in [2.45, 2.75) is 0 Å². The summed E-state index contributed by atoms with van der Waals surface area (Å²) in [6.07, 6.45) is 4.12. The summed E-state index contributed by atoms with van der Waals surface area (Å²) in [7, 11) is 0. The molecule has 0 aliphatic carbocycles. The van der Waals surface area contributed by atoms with Gasteiger partial charge in [-0.15, -0.1) is 0 Å². The Morgan fingerprint density at radius 1 is 1.21 bits per heavy atom. The zero-order valence-corrected chi connectivity index (χ0v) is 12.8. The van der Waals surface area contributed by atoms with E-state index in [-0.39, 0.29) is 22.0 Å². The van der Waals surface area contributed by atoms with Gasteiger partial charge in [-0.2, -0.15) is 0 Å². The Bertz CT molecular complexity index is 880. The van der Waals surface area contributed by atoms with Gasteiger partial charge >= 0.3 is 6.03 Å². The lowest BCUT2D eigenvalue weighted by molar-refractivity contribution is -0.122. The second-order valence-corrected chi connectivity index (χ2v) is 5.29. The zero-order valence-electron chi connectivity index (χ0n) is 12.1. The Labute approximate surface area is 141 Å². The number of phenolic OH excluding ortho intramolecular Hbond substituents is 1. The second kappa shape index (κ2) is 6.13. The summed E-state index contributed by atoms with van der Waals surface area (Å²) in [5, 5.41) is 11.6. The molecular formula is C16H10ClN3O4. The molecule has 2 aromatic rings. The number of anilines is 1. The first-order chi connectivity index (χ1) is 11.5. The summed E-state index contributed by atoms with van der Waals surface area (Å²) in [5.74, 6) is -1.71. The van der Waals surface area contributed by atoms with E-state index < -0.39 is 17.8 Å². The molecule has 2 heterocycles. The summed E-state index contributed by atoms with van der Waals surface area (Å²) in [6.45, 7) is 0. The molecule has 0 bridgehead atoms. The number of aromatic hydroxyl groups is 1. The van der Waals surface area contributed by atoms with Crippen molar-refractivity contribution in [2.24, 2.45) is 0 Å². The first-order valence-corrected chi connectivity index (χ1v) is 7.15. The van der Waals surface area contributed by atoms with E-state index in [9.17, 15) is 19.5 Å². The number of halogens is 1. The lowest BCUT2D eigenvalue weighted by atomic mass is 10.1. The van der Waals surface area contributed by atoms with Crippen molar-refractivity contribution in [2.75, 3.05) is 4.90 Å². The highest BCUT2D eigenvalue weighted by Gasteiger charge is 2.36. The van der Waals surface area contributed by atoms with Gasteiger partial charge in [0.1, 0.15) is 11.3 Å². The number of rotatable bonds is 2. The van der Waals surface area contributed by atoms with Crippen LogP contribution in [0.4, 0.5) is 10.5 Å². The molecule has 7 nitrogen and oxygen atoms in total. The van der Waals surface area contributed by atoms with E-state index in [2.05, 4.69) is 10.3 Å². The maximum atomic E-state index is 12.6. The summed E-state index contributed by atoms with van der Waals surface area (Å²) in [4.78, 5) is 41.2. The minimum Gasteiger partial charge on any atom is -0.506 e. The van der Waals surface area contributed by atoms with E-state index in [1.165, 1.54) is 42.7 Å². The molecule has 0 saturated carbocycles. The van der Waals surface area contributed by atoms with Gasteiger partial charge in [-0.1, -0.05) is 17.7 Å². The molecule has 3 rings (SSSR count). The van der Waals surface area contributed by atoms with Gasteiger partial charge in [-0.05, 0) is 35.9 Å². The first kappa shape index (κ1) is 15.7. The van der Waals surface area contributed by atoms with Crippen LogP contribution in [0.15, 0.2) is 48.3 Å². The van der Waals surface area contributed by atoms with Gasteiger partial charge in [0.2, 0.25) is 0 Å². The number of carbonyl (C=O) groups is 3. The van der Waals surface area contributed by atoms with Crippen LogP contribution in [-0.4, -0.2) is 27.9 Å². The van der Waals surface area contributed by atoms with E-state index in [0.717, 1.165) is 4.90 Å². The van der Waals surface area contributed by atoms with Crippen molar-refractivity contribution in [1.82, 2.24) is 10.3 Å². The Morgan fingerprint density at radius 2 is 2.00 bits per heavy atom. The van der Waals surface area contributed by atoms with Gasteiger partial charge in [-0.25, -0.2) is 9.69 Å². The molecule has 1 aromatic carbocycles. The summed E-state index contributed by atoms with van der Waals surface area (Å²) in [6, 6.07) is 6.46. The van der Waals surface area contributed by atoms with Crippen LogP contribution in [0.3, 0.4) is 0 Å². The normalized spacial score (nSPS) is 16.5. The van der Waals surface area contributed by atoms with Crippen molar-refractivity contribution in [3.8, 4) is 5.75 Å². The largest absolute Gasteiger partial charge is 0.506 e. The molecule has 120 valence electrons. The summed E-state index contributed by atoms with van der Waals surface area (Å²) in [5.41, 5.74) is 0.430. The second-order valence-electron chi connectivity index (χ2n) is 4.88. The average molecular weight is 344 g/mol. The van der Waals surface area contributed by atoms with Gasteiger partial charge < -0.3 is 5.11 Å². The van der Waals surface area contributed by atoms with E-state index >= 15 is 0 Å². The van der Waals surface area contributed by atoms with Gasteiger partial charge in [0.05, 0.1) is 16.9 Å². The molecule has 1 aromatic heterocycles. The monoisotopic (exact) mass is 343 g/mol. The average Bonchev–Trinajstić information content (AvgIpc) is 2.55. The molecule has 0 atom stereocenters. The Morgan fingerprint density at radius 3 is 2.67 bits per heavy atom. The molecule has 1 aliphatic heterocycles. The number of amides is 4. The van der Waals surface area contributed by atoms with Gasteiger partial charge in [0.25, 0.3) is 11.8 Å². The molecule has 24 heavy (non-hydrogen) atoms. The predicted octanol–water partition coefficient (Wildman–Crippen LogP) is 2.11. The molecule has 0 radical (unpaired) electrons. The van der Waals surface area contributed by atoms with Crippen molar-refractivity contribution < 1.29 is 19.5 Å². The number of barbiturate groups is 1. The number of carbonyl (C=O) groups excluding carboxylic acids is 3. The number of hydrogen-bond acceptors (Lipinski definition) is 5. The molecule has 1 fully saturated rings. The number of hydrogen-bond donors (Lipinski definition) is 2. The smallest absolute Gasteiger partial charge is 0.336 e. The third-order valence-corrected chi connectivity index (χ3v) is 3.59. The van der Waals surface area contributed by atoms with Crippen LogP contribution in [0.25, 0.3) is 6.08 Å². The number of phenols is 1. The summed E-state index contributed by atoms with van der Waals surface area (Å²) < 4.78 is 0. The molecule has 1 aliphatic rings. The summed E-state index contributed by atoms with van der Waals surface area (Å²) >= 11 is 5.81. The van der Waals surface area contributed by atoms with Crippen LogP contribution in [0.5, 0.6) is 5.75 Å². The molecule has 2 N–H and O–H groups in total. The van der Waals surface area contributed by atoms with E-state index in [1.807, 2.05) is 0 Å². The number of pyridine rings is 1. The maximum absolute atomic E-state index is 12.6. The zero-order chi connectivity index (χ0) is 17.3. The van der Waals surface area contributed by atoms with Crippen molar-refractivity contribution in [1.29, 1.82) is 0 Å². The van der Waals surface area contributed by atoms with Crippen molar-refractivity contribution in [3.05, 3.63) is 58.9 Å². The van der Waals surface area contributed by atoms with Crippen LogP contribution in [-0.2, 0) is 9.59 Å². The highest BCUT2D eigenvalue weighted by molar-refractivity contribution is 6.39. The molecular weight excluding hydrogens is 334 g/mol. The van der Waals surface area contributed by atoms with E-state index in [1.54, 1.807) is 6.07 Å². The number of nitrogens with one attached hydrogen (secondary N) is 1. The van der Waals surface area contributed by atoms with Crippen LogP contribution in [0, 0.1) is 0 Å². The topological polar surface area (TPSA) is 99.6 Å². The Kier molecular flexibility index (Phi) is 4.01. The molecule has 8 heteroatoms. The van der Waals surface area contributed by atoms with Gasteiger partial charge in [-0.3, -0.25) is 19.9 Å². The predicted molar refractivity (Wildman–Crippen MR) is 86.4 cm³/mol. The standard InChI is InChI=1S/C16H10ClN3O4/c17-12-7-9(3-4-13(12)21)6-11-14(22)19-16(24)20(15(11)23)10-2-1-5-18-8-10/h1-8,21H,(H,19,22,24)/b11-6+. The number of imide groups is 2. The van der Waals surface area contributed by atoms with Crippen LogP contribution in [0.2, 0.25) is 5.02 Å². The Balaban J connectivity index is 2.02. The number of nitrogens with zero attached hydrogens (tertiary/aromatic N) is 2. The Hall–Kier alpha value is -3.19.